The van der Waals surface area contributed by atoms with Crippen LogP contribution in [-0.2, 0) is 13.1 Å². The average Bonchev–Trinajstić information content (AvgIpc) is 3.28. The maximum atomic E-state index is 14.1. The third-order valence-electron chi connectivity index (χ3n) is 6.13. The lowest BCUT2D eigenvalue weighted by molar-refractivity contribution is 0.0680. The third kappa shape index (κ3) is 4.18. The van der Waals surface area contributed by atoms with Crippen molar-refractivity contribution in [2.24, 2.45) is 0 Å². The van der Waals surface area contributed by atoms with E-state index in [9.17, 15) is 18.4 Å². The summed E-state index contributed by atoms with van der Waals surface area (Å²) in [6.07, 6.45) is 0. The molecule has 1 saturated heterocycles. The van der Waals surface area contributed by atoms with Gasteiger partial charge >= 0.3 is 0 Å². The van der Waals surface area contributed by atoms with Gasteiger partial charge in [0, 0.05) is 45.3 Å². The van der Waals surface area contributed by atoms with E-state index in [4.69, 9.17) is 0 Å². The molecular weight excluding hydrogens is 428 g/mol. The van der Waals surface area contributed by atoms with Gasteiger partial charge in [-0.15, -0.1) is 0 Å². The predicted octanol–water partition coefficient (Wildman–Crippen LogP) is 2.78. The summed E-state index contributed by atoms with van der Waals surface area (Å²) in [5, 5.41) is 4.38. The van der Waals surface area contributed by atoms with E-state index >= 15 is 0 Å². The van der Waals surface area contributed by atoms with E-state index in [1.165, 1.54) is 18.2 Å². The molecule has 2 aliphatic heterocycles. The smallest absolute Gasteiger partial charge is 0.274 e. The number of anilines is 1. The number of carbonyl (C=O) groups is 2. The van der Waals surface area contributed by atoms with Crippen LogP contribution < -0.4 is 4.90 Å². The van der Waals surface area contributed by atoms with E-state index in [0.717, 1.165) is 5.56 Å². The van der Waals surface area contributed by atoms with Gasteiger partial charge < -0.3 is 14.7 Å². The van der Waals surface area contributed by atoms with Crippen LogP contribution in [0.1, 0.15) is 26.5 Å². The number of aromatic nitrogens is 2. The Hall–Kier alpha value is -3.75. The molecule has 1 fully saturated rings. The fourth-order valence-electron chi connectivity index (χ4n) is 4.32. The van der Waals surface area contributed by atoms with Crippen LogP contribution >= 0.6 is 0 Å². The summed E-state index contributed by atoms with van der Waals surface area (Å²) in [6, 6.07) is 14.2. The van der Waals surface area contributed by atoms with Gasteiger partial charge in [0.2, 0.25) is 0 Å². The first kappa shape index (κ1) is 21.1. The normalized spacial score (nSPS) is 16.2. The molecule has 33 heavy (non-hydrogen) atoms. The molecule has 3 heterocycles. The van der Waals surface area contributed by atoms with E-state index < -0.39 is 0 Å². The van der Waals surface area contributed by atoms with Crippen molar-refractivity contribution in [2.45, 2.75) is 13.1 Å². The van der Waals surface area contributed by atoms with Crippen molar-refractivity contribution < 1.29 is 18.4 Å². The molecule has 9 heteroatoms. The average molecular weight is 451 g/mol. The minimum absolute atomic E-state index is 0.207. The van der Waals surface area contributed by atoms with Crippen molar-refractivity contribution in [2.75, 3.05) is 37.6 Å². The van der Waals surface area contributed by atoms with E-state index in [2.05, 4.69) is 5.10 Å². The van der Waals surface area contributed by atoms with Crippen molar-refractivity contribution in [1.29, 1.82) is 0 Å². The zero-order chi connectivity index (χ0) is 22.9. The van der Waals surface area contributed by atoms with Crippen molar-refractivity contribution in [3.63, 3.8) is 0 Å². The van der Waals surface area contributed by atoms with E-state index in [-0.39, 0.29) is 29.1 Å². The van der Waals surface area contributed by atoms with Crippen LogP contribution in [0.3, 0.4) is 0 Å². The van der Waals surface area contributed by atoms with Gasteiger partial charge in [-0.3, -0.25) is 14.3 Å². The third-order valence-corrected chi connectivity index (χ3v) is 6.13. The highest BCUT2D eigenvalue weighted by atomic mass is 19.1. The molecule has 5 rings (SSSR count). The summed E-state index contributed by atoms with van der Waals surface area (Å²) in [7, 11) is 0. The standard InChI is InChI=1S/C24H23F2N5O2/c25-18-7-5-17(6-8-18)16-30-13-14-31-22(24(30)33)15-20(27-31)23(32)29-11-9-28(10-12-29)21-4-2-1-3-19(21)26/h1-8,15H,9-14,16H2. The number of hydrogen-bond donors (Lipinski definition) is 0. The van der Waals surface area contributed by atoms with Gasteiger partial charge in [-0.05, 0) is 29.8 Å². The zero-order valence-corrected chi connectivity index (χ0v) is 18.0. The molecule has 0 spiro atoms. The first-order valence-corrected chi connectivity index (χ1v) is 10.9. The van der Waals surface area contributed by atoms with E-state index in [1.807, 2.05) is 4.90 Å². The number of para-hydroxylation sites is 1. The fourth-order valence-corrected chi connectivity index (χ4v) is 4.32. The highest BCUT2D eigenvalue weighted by molar-refractivity contribution is 5.98. The monoisotopic (exact) mass is 451 g/mol. The van der Waals surface area contributed by atoms with Crippen molar-refractivity contribution in [3.05, 3.63) is 83.2 Å². The summed E-state index contributed by atoms with van der Waals surface area (Å²) < 4.78 is 28.8. The maximum absolute atomic E-state index is 14.1. The predicted molar refractivity (Wildman–Crippen MR) is 118 cm³/mol. The largest absolute Gasteiger partial charge is 0.366 e. The lowest BCUT2D eigenvalue weighted by atomic mass is 10.2. The summed E-state index contributed by atoms with van der Waals surface area (Å²) in [6.45, 7) is 3.23. The fraction of sp³-hybridized carbons (Fsp3) is 0.292. The molecular formula is C24H23F2N5O2. The van der Waals surface area contributed by atoms with Gasteiger partial charge in [-0.25, -0.2) is 8.78 Å². The number of nitrogens with zero attached hydrogens (tertiary/aromatic N) is 5. The van der Waals surface area contributed by atoms with Crippen molar-refractivity contribution in [3.8, 4) is 0 Å². The number of carbonyl (C=O) groups excluding carboxylic acids is 2. The molecule has 2 aliphatic rings. The van der Waals surface area contributed by atoms with Gasteiger partial charge in [0.15, 0.2) is 5.69 Å². The lowest BCUT2D eigenvalue weighted by Crippen LogP contribution is -2.49. The highest BCUT2D eigenvalue weighted by Gasteiger charge is 2.30. The van der Waals surface area contributed by atoms with Crippen LogP contribution in [0.4, 0.5) is 14.5 Å². The Morgan fingerprint density at radius 2 is 1.64 bits per heavy atom. The Kier molecular flexibility index (Phi) is 5.53. The summed E-state index contributed by atoms with van der Waals surface area (Å²) in [5.74, 6) is -1.04. The second-order valence-electron chi connectivity index (χ2n) is 8.22. The molecule has 0 N–H and O–H groups in total. The number of halogens is 2. The number of rotatable bonds is 4. The number of benzene rings is 2. The SMILES string of the molecule is O=C(c1cc2n(n1)CCN(Cc1ccc(F)cc1)C2=O)N1CCN(c2ccccc2F)CC1. The Bertz CT molecular complexity index is 1190. The van der Waals surface area contributed by atoms with Gasteiger partial charge in [-0.1, -0.05) is 24.3 Å². The van der Waals surface area contributed by atoms with Gasteiger partial charge in [0.25, 0.3) is 11.8 Å². The molecule has 2 amide bonds. The van der Waals surface area contributed by atoms with Crippen molar-refractivity contribution >= 4 is 17.5 Å². The van der Waals surface area contributed by atoms with Gasteiger partial charge in [-0.2, -0.15) is 5.10 Å². The zero-order valence-electron chi connectivity index (χ0n) is 18.0. The second kappa shape index (κ2) is 8.65. The Labute approximate surface area is 189 Å². The molecule has 0 unspecified atom stereocenters. The topological polar surface area (TPSA) is 61.7 Å². The highest BCUT2D eigenvalue weighted by Crippen LogP contribution is 2.22. The quantitative estimate of drug-likeness (QED) is 0.612. The van der Waals surface area contributed by atoms with Crippen LogP contribution in [0.5, 0.6) is 0 Å². The first-order valence-electron chi connectivity index (χ1n) is 10.9. The van der Waals surface area contributed by atoms with Gasteiger partial charge in [0.05, 0.1) is 12.2 Å². The minimum Gasteiger partial charge on any atom is -0.366 e. The molecule has 0 atom stereocenters. The van der Waals surface area contributed by atoms with E-state index in [0.29, 0.717) is 57.2 Å². The Morgan fingerprint density at radius 1 is 0.909 bits per heavy atom. The molecule has 7 nitrogen and oxygen atoms in total. The number of amides is 2. The van der Waals surface area contributed by atoms with Crippen LogP contribution in [0.2, 0.25) is 0 Å². The number of hydrogen-bond acceptors (Lipinski definition) is 4. The first-order chi connectivity index (χ1) is 16.0. The lowest BCUT2D eigenvalue weighted by Gasteiger charge is -2.35. The Morgan fingerprint density at radius 3 is 2.36 bits per heavy atom. The number of fused-ring (bicyclic) bond motifs is 1. The second-order valence-corrected chi connectivity index (χ2v) is 8.22. The molecule has 0 aliphatic carbocycles. The molecule has 0 bridgehead atoms. The van der Waals surface area contributed by atoms with Crippen LogP contribution in [0, 0.1) is 11.6 Å². The van der Waals surface area contributed by atoms with Crippen LogP contribution in [0.15, 0.2) is 54.6 Å². The molecule has 3 aromatic rings. The molecule has 1 aromatic heterocycles. The molecule has 2 aromatic carbocycles. The summed E-state index contributed by atoms with van der Waals surface area (Å²) in [5.41, 5.74) is 1.98. The van der Waals surface area contributed by atoms with Gasteiger partial charge in [0.1, 0.15) is 17.3 Å². The van der Waals surface area contributed by atoms with Crippen molar-refractivity contribution in [1.82, 2.24) is 19.6 Å². The summed E-state index contributed by atoms with van der Waals surface area (Å²) in [4.78, 5) is 31.3. The Balaban J connectivity index is 1.25. The molecule has 0 radical (unpaired) electrons. The maximum Gasteiger partial charge on any atom is 0.274 e. The molecule has 170 valence electrons. The van der Waals surface area contributed by atoms with Crippen LogP contribution in [0.25, 0.3) is 0 Å². The number of piperazine rings is 1. The molecule has 0 saturated carbocycles. The van der Waals surface area contributed by atoms with E-state index in [1.54, 1.807) is 50.9 Å². The summed E-state index contributed by atoms with van der Waals surface area (Å²) >= 11 is 0. The van der Waals surface area contributed by atoms with Crippen LogP contribution in [-0.4, -0.2) is 64.1 Å². The minimum atomic E-state index is -0.320.